The minimum absolute atomic E-state index is 0.508. The molecule has 2 aromatic carbocycles. The lowest BCUT2D eigenvalue weighted by molar-refractivity contribution is 1.39. The van der Waals surface area contributed by atoms with Crippen LogP contribution in [0.5, 0.6) is 0 Å². The van der Waals surface area contributed by atoms with Gasteiger partial charge in [0.15, 0.2) is 0 Å². The SMILES string of the molecule is N#Cc1ccc(Sc2ccc(Cl)c(Cl)c2)c(N)c1. The lowest BCUT2D eigenvalue weighted by atomic mass is 10.2. The second-order valence-corrected chi connectivity index (χ2v) is 5.47. The van der Waals surface area contributed by atoms with Gasteiger partial charge in [-0.2, -0.15) is 5.26 Å². The van der Waals surface area contributed by atoms with E-state index in [0.717, 1.165) is 9.79 Å². The van der Waals surface area contributed by atoms with Gasteiger partial charge in [-0.1, -0.05) is 35.0 Å². The van der Waals surface area contributed by atoms with Gasteiger partial charge in [-0.05, 0) is 36.4 Å². The Morgan fingerprint density at radius 3 is 2.44 bits per heavy atom. The van der Waals surface area contributed by atoms with Gasteiger partial charge < -0.3 is 5.73 Å². The van der Waals surface area contributed by atoms with Crippen LogP contribution in [-0.2, 0) is 0 Å². The maximum absolute atomic E-state index is 8.77. The van der Waals surface area contributed by atoms with E-state index in [-0.39, 0.29) is 0 Å². The molecule has 90 valence electrons. The van der Waals surface area contributed by atoms with Gasteiger partial charge in [0, 0.05) is 15.5 Å². The molecule has 0 saturated carbocycles. The van der Waals surface area contributed by atoms with E-state index < -0.39 is 0 Å². The number of nitrogens with zero attached hydrogens (tertiary/aromatic N) is 1. The monoisotopic (exact) mass is 294 g/mol. The number of benzene rings is 2. The van der Waals surface area contributed by atoms with Gasteiger partial charge in [-0.15, -0.1) is 0 Å². The fourth-order valence-electron chi connectivity index (χ4n) is 1.38. The maximum Gasteiger partial charge on any atom is 0.0992 e. The fourth-order valence-corrected chi connectivity index (χ4v) is 2.62. The van der Waals surface area contributed by atoms with Crippen molar-refractivity contribution in [3.05, 3.63) is 52.0 Å². The summed E-state index contributed by atoms with van der Waals surface area (Å²) in [6.45, 7) is 0. The molecule has 0 bridgehead atoms. The highest BCUT2D eigenvalue weighted by Gasteiger charge is 2.05. The van der Waals surface area contributed by atoms with E-state index >= 15 is 0 Å². The Morgan fingerprint density at radius 2 is 1.83 bits per heavy atom. The summed E-state index contributed by atoms with van der Waals surface area (Å²) in [5.74, 6) is 0. The molecule has 2 aromatic rings. The van der Waals surface area contributed by atoms with Crippen molar-refractivity contribution in [3.63, 3.8) is 0 Å². The number of anilines is 1. The molecule has 2 rings (SSSR count). The van der Waals surface area contributed by atoms with Gasteiger partial charge in [0.05, 0.1) is 21.7 Å². The van der Waals surface area contributed by atoms with Crippen molar-refractivity contribution >= 4 is 40.7 Å². The maximum atomic E-state index is 8.77. The molecule has 18 heavy (non-hydrogen) atoms. The molecule has 2 N–H and O–H groups in total. The minimum Gasteiger partial charge on any atom is -0.398 e. The van der Waals surface area contributed by atoms with Crippen molar-refractivity contribution in [3.8, 4) is 6.07 Å². The predicted octanol–water partition coefficient (Wildman–Crippen LogP) is 4.60. The van der Waals surface area contributed by atoms with E-state index in [1.165, 1.54) is 11.8 Å². The molecule has 0 unspecified atom stereocenters. The van der Waals surface area contributed by atoms with Crippen molar-refractivity contribution in [2.75, 3.05) is 5.73 Å². The van der Waals surface area contributed by atoms with Crippen LogP contribution in [0.3, 0.4) is 0 Å². The van der Waals surface area contributed by atoms with Gasteiger partial charge in [-0.25, -0.2) is 0 Å². The molecule has 0 spiro atoms. The normalized spacial score (nSPS) is 10.1. The number of nitriles is 1. The third-order valence-corrected chi connectivity index (χ3v) is 4.08. The molecule has 2 nitrogen and oxygen atoms in total. The number of nitrogens with two attached hydrogens (primary N) is 1. The van der Waals surface area contributed by atoms with Crippen molar-refractivity contribution in [1.82, 2.24) is 0 Å². The summed E-state index contributed by atoms with van der Waals surface area (Å²) in [6.07, 6.45) is 0. The quantitative estimate of drug-likeness (QED) is 0.824. The molecular weight excluding hydrogens is 287 g/mol. The minimum atomic E-state index is 0.508. The molecule has 0 aliphatic carbocycles. The van der Waals surface area contributed by atoms with E-state index in [2.05, 4.69) is 0 Å². The first-order valence-electron chi connectivity index (χ1n) is 5.02. The summed E-state index contributed by atoms with van der Waals surface area (Å²) in [4.78, 5) is 1.83. The van der Waals surface area contributed by atoms with Crippen LogP contribution in [0, 0.1) is 11.3 Å². The van der Waals surface area contributed by atoms with Crippen LogP contribution in [0.25, 0.3) is 0 Å². The molecule has 0 atom stereocenters. The van der Waals surface area contributed by atoms with Crippen LogP contribution < -0.4 is 5.73 Å². The van der Waals surface area contributed by atoms with Gasteiger partial charge >= 0.3 is 0 Å². The number of halogens is 2. The number of hydrogen-bond acceptors (Lipinski definition) is 3. The van der Waals surface area contributed by atoms with Crippen LogP contribution in [0.15, 0.2) is 46.2 Å². The topological polar surface area (TPSA) is 49.8 Å². The Bertz CT molecular complexity index is 635. The van der Waals surface area contributed by atoms with E-state index in [4.69, 9.17) is 34.2 Å². The lowest BCUT2D eigenvalue weighted by Crippen LogP contribution is -1.89. The highest BCUT2D eigenvalue weighted by molar-refractivity contribution is 7.99. The molecule has 0 radical (unpaired) electrons. The van der Waals surface area contributed by atoms with Crippen LogP contribution in [0.2, 0.25) is 10.0 Å². The van der Waals surface area contributed by atoms with Gasteiger partial charge in [0.25, 0.3) is 0 Å². The third-order valence-electron chi connectivity index (χ3n) is 2.26. The van der Waals surface area contributed by atoms with Crippen molar-refractivity contribution in [2.45, 2.75) is 9.79 Å². The zero-order valence-electron chi connectivity index (χ0n) is 9.15. The van der Waals surface area contributed by atoms with Crippen LogP contribution in [-0.4, -0.2) is 0 Å². The summed E-state index contributed by atoms with van der Waals surface area (Å²) < 4.78 is 0. The Hall–Kier alpha value is -1.34. The summed E-state index contributed by atoms with van der Waals surface area (Å²) in [7, 11) is 0. The van der Waals surface area contributed by atoms with E-state index in [9.17, 15) is 0 Å². The second kappa shape index (κ2) is 5.53. The average molecular weight is 295 g/mol. The average Bonchev–Trinajstić information content (AvgIpc) is 2.36. The smallest absolute Gasteiger partial charge is 0.0992 e. The Balaban J connectivity index is 2.29. The molecule has 0 fully saturated rings. The highest BCUT2D eigenvalue weighted by atomic mass is 35.5. The zero-order valence-corrected chi connectivity index (χ0v) is 11.5. The first-order chi connectivity index (χ1) is 8.60. The standard InChI is InChI=1S/C13H8Cl2N2S/c14-10-3-2-9(6-11(10)15)18-13-4-1-8(7-16)5-12(13)17/h1-6H,17H2. The summed E-state index contributed by atoms with van der Waals surface area (Å²) in [5.41, 5.74) is 7.00. The highest BCUT2D eigenvalue weighted by Crippen LogP contribution is 2.35. The molecule has 0 aliphatic heterocycles. The Morgan fingerprint density at radius 1 is 1.06 bits per heavy atom. The van der Waals surface area contributed by atoms with E-state index in [1.54, 1.807) is 24.3 Å². The predicted molar refractivity (Wildman–Crippen MR) is 76.2 cm³/mol. The molecule has 0 heterocycles. The van der Waals surface area contributed by atoms with E-state index in [1.807, 2.05) is 18.2 Å². The second-order valence-electron chi connectivity index (χ2n) is 3.54. The lowest BCUT2D eigenvalue weighted by Gasteiger charge is -2.06. The van der Waals surface area contributed by atoms with Crippen LogP contribution in [0.4, 0.5) is 5.69 Å². The van der Waals surface area contributed by atoms with Gasteiger partial charge in [0.1, 0.15) is 0 Å². The largest absolute Gasteiger partial charge is 0.398 e. The van der Waals surface area contributed by atoms with Crippen molar-refractivity contribution in [1.29, 1.82) is 5.26 Å². The van der Waals surface area contributed by atoms with Crippen LogP contribution in [0.1, 0.15) is 5.56 Å². The molecular formula is C13H8Cl2N2S. The van der Waals surface area contributed by atoms with Crippen LogP contribution >= 0.6 is 35.0 Å². The Kier molecular flexibility index (Phi) is 4.03. The van der Waals surface area contributed by atoms with Gasteiger partial charge in [-0.3, -0.25) is 0 Å². The third kappa shape index (κ3) is 2.91. The number of nitrogen functional groups attached to an aromatic ring is 1. The summed E-state index contributed by atoms with van der Waals surface area (Å²) in [6, 6.07) is 12.7. The summed E-state index contributed by atoms with van der Waals surface area (Å²) >= 11 is 13.3. The van der Waals surface area contributed by atoms with Crippen molar-refractivity contribution in [2.24, 2.45) is 0 Å². The summed E-state index contributed by atoms with van der Waals surface area (Å²) in [5, 5.41) is 9.80. The molecule has 5 heteroatoms. The molecule has 0 aliphatic rings. The molecule has 0 aromatic heterocycles. The first-order valence-corrected chi connectivity index (χ1v) is 6.60. The molecule has 0 amide bonds. The molecule has 0 saturated heterocycles. The number of hydrogen-bond donors (Lipinski definition) is 1. The van der Waals surface area contributed by atoms with E-state index in [0.29, 0.717) is 21.3 Å². The van der Waals surface area contributed by atoms with Crippen molar-refractivity contribution < 1.29 is 0 Å². The Labute approximate surface area is 119 Å². The first kappa shape index (κ1) is 13.1. The number of rotatable bonds is 2. The fraction of sp³-hybridized carbons (Fsp3) is 0. The van der Waals surface area contributed by atoms with Gasteiger partial charge in [0.2, 0.25) is 0 Å². The zero-order chi connectivity index (χ0) is 13.1.